The molecule has 1 unspecified atom stereocenters. The van der Waals surface area contributed by atoms with Gasteiger partial charge in [-0.15, -0.1) is 0 Å². The molecular formula is C20H19N7. The highest BCUT2D eigenvalue weighted by molar-refractivity contribution is 6.03. The molecule has 0 amide bonds. The molecule has 7 nitrogen and oxygen atoms in total. The standard InChI is InChI=1S/C20H19N7/c21-20(11-13-4-5-16-14(10-13)6-8-22-16)7-9-23-19(26-20)25-17-2-1-3-18-15(17)12-24-27-18/h1-10,12,22H,11,21H2,(H,24,27)(H2,23,25,26). The summed E-state index contributed by atoms with van der Waals surface area (Å²) in [5, 5.41) is 15.7. The molecule has 0 bridgehead atoms. The van der Waals surface area contributed by atoms with Gasteiger partial charge in [-0.1, -0.05) is 12.1 Å². The second-order valence-electron chi connectivity index (χ2n) is 6.77. The summed E-state index contributed by atoms with van der Waals surface area (Å²) in [6.07, 6.45) is 8.05. The Balaban J connectivity index is 1.42. The first-order valence-corrected chi connectivity index (χ1v) is 8.77. The van der Waals surface area contributed by atoms with Crippen LogP contribution in [0, 0.1) is 0 Å². The second kappa shape index (κ2) is 6.00. The molecule has 0 fully saturated rings. The fourth-order valence-electron chi connectivity index (χ4n) is 3.45. The number of H-pyrrole nitrogens is 2. The van der Waals surface area contributed by atoms with Gasteiger partial charge in [0.25, 0.3) is 0 Å². The van der Waals surface area contributed by atoms with Crippen molar-refractivity contribution in [3.8, 4) is 0 Å². The molecule has 1 aliphatic rings. The minimum Gasteiger partial charge on any atom is -0.361 e. The van der Waals surface area contributed by atoms with Crippen molar-refractivity contribution < 1.29 is 0 Å². The van der Waals surface area contributed by atoms with Crippen LogP contribution in [0.4, 0.5) is 5.69 Å². The fraction of sp³-hybridized carbons (Fsp3) is 0.100. The van der Waals surface area contributed by atoms with Gasteiger partial charge in [-0.05, 0) is 47.4 Å². The van der Waals surface area contributed by atoms with Crippen molar-refractivity contribution in [3.05, 3.63) is 72.7 Å². The zero-order valence-electron chi connectivity index (χ0n) is 14.5. The Morgan fingerprint density at radius 1 is 1.11 bits per heavy atom. The molecule has 134 valence electrons. The lowest BCUT2D eigenvalue weighted by molar-refractivity contribution is 0.543. The van der Waals surface area contributed by atoms with Gasteiger partial charge >= 0.3 is 0 Å². The first kappa shape index (κ1) is 15.7. The third-order valence-electron chi connectivity index (χ3n) is 4.75. The van der Waals surface area contributed by atoms with Crippen molar-refractivity contribution in [1.29, 1.82) is 0 Å². The number of aromatic nitrogens is 3. The van der Waals surface area contributed by atoms with E-state index in [2.05, 4.69) is 50.1 Å². The van der Waals surface area contributed by atoms with Crippen LogP contribution in [-0.4, -0.2) is 26.8 Å². The largest absolute Gasteiger partial charge is 0.361 e. The molecule has 2 aromatic carbocycles. The van der Waals surface area contributed by atoms with E-state index in [-0.39, 0.29) is 0 Å². The third kappa shape index (κ3) is 2.94. The lowest BCUT2D eigenvalue weighted by atomic mass is 9.99. The van der Waals surface area contributed by atoms with Gasteiger partial charge in [0, 0.05) is 29.7 Å². The number of anilines is 1. The van der Waals surface area contributed by atoms with E-state index in [9.17, 15) is 0 Å². The van der Waals surface area contributed by atoms with Gasteiger partial charge in [-0.3, -0.25) is 5.10 Å². The van der Waals surface area contributed by atoms with E-state index in [1.807, 2.05) is 36.7 Å². The van der Waals surface area contributed by atoms with E-state index in [0.29, 0.717) is 12.4 Å². The number of benzene rings is 2. The molecule has 1 atom stereocenters. The Labute approximate surface area is 155 Å². The fourth-order valence-corrected chi connectivity index (χ4v) is 3.45. The predicted octanol–water partition coefficient (Wildman–Crippen LogP) is 2.83. The number of rotatable bonds is 3. The molecule has 0 aliphatic carbocycles. The highest BCUT2D eigenvalue weighted by Crippen LogP contribution is 2.23. The maximum atomic E-state index is 6.57. The van der Waals surface area contributed by atoms with Gasteiger partial charge in [-0.2, -0.15) is 5.10 Å². The molecular weight excluding hydrogens is 338 g/mol. The summed E-state index contributed by atoms with van der Waals surface area (Å²) in [5.41, 5.74) is 9.88. The number of hydrogen-bond acceptors (Lipinski definition) is 5. The van der Waals surface area contributed by atoms with Crippen LogP contribution in [0.5, 0.6) is 0 Å². The number of fused-ring (bicyclic) bond motifs is 2. The first-order valence-electron chi connectivity index (χ1n) is 8.77. The van der Waals surface area contributed by atoms with Crippen LogP contribution >= 0.6 is 0 Å². The summed E-state index contributed by atoms with van der Waals surface area (Å²) in [6.45, 7) is 0. The van der Waals surface area contributed by atoms with E-state index in [1.165, 1.54) is 5.39 Å². The summed E-state index contributed by atoms with van der Waals surface area (Å²) >= 11 is 0. The number of aromatic amines is 2. The van der Waals surface area contributed by atoms with Crippen LogP contribution in [0.3, 0.4) is 0 Å². The Bertz CT molecular complexity index is 1180. The number of nitrogens with one attached hydrogen (secondary N) is 4. The lowest BCUT2D eigenvalue weighted by Gasteiger charge is -2.27. The van der Waals surface area contributed by atoms with Crippen molar-refractivity contribution in [2.24, 2.45) is 10.7 Å². The molecule has 0 saturated heterocycles. The minimum atomic E-state index is -0.818. The molecule has 4 aromatic rings. The number of guanidine groups is 1. The molecule has 7 heteroatoms. The summed E-state index contributed by atoms with van der Waals surface area (Å²) in [5.74, 6) is 0.608. The number of hydrogen-bond donors (Lipinski definition) is 5. The zero-order chi connectivity index (χ0) is 18.3. The molecule has 27 heavy (non-hydrogen) atoms. The number of nitrogens with two attached hydrogens (primary N) is 1. The summed E-state index contributed by atoms with van der Waals surface area (Å²) in [6, 6.07) is 14.3. The van der Waals surface area contributed by atoms with Crippen molar-refractivity contribution in [2.45, 2.75) is 12.1 Å². The summed E-state index contributed by atoms with van der Waals surface area (Å²) in [4.78, 5) is 7.92. The van der Waals surface area contributed by atoms with Crippen LogP contribution in [0.1, 0.15) is 5.56 Å². The maximum Gasteiger partial charge on any atom is 0.202 e. The average molecular weight is 357 g/mol. The number of nitrogens with zero attached hydrogens (tertiary/aromatic N) is 2. The smallest absolute Gasteiger partial charge is 0.202 e. The maximum absolute atomic E-state index is 6.57. The normalized spacial score (nSPS) is 19.2. The molecule has 5 rings (SSSR count). The molecule has 0 saturated carbocycles. The third-order valence-corrected chi connectivity index (χ3v) is 4.75. The lowest BCUT2D eigenvalue weighted by Crippen LogP contribution is -2.45. The van der Waals surface area contributed by atoms with Crippen LogP contribution < -0.4 is 16.4 Å². The minimum absolute atomic E-state index is 0.605. The van der Waals surface area contributed by atoms with Crippen molar-refractivity contribution in [1.82, 2.24) is 20.5 Å². The van der Waals surface area contributed by atoms with E-state index in [0.717, 1.165) is 27.7 Å². The molecule has 1 aliphatic heterocycles. The van der Waals surface area contributed by atoms with Gasteiger partial charge in [0.1, 0.15) is 5.66 Å². The molecule has 0 radical (unpaired) electrons. The first-order chi connectivity index (χ1) is 13.2. The Morgan fingerprint density at radius 3 is 3.04 bits per heavy atom. The SMILES string of the molecule is NC1(Cc2ccc3[nH]ccc3c2)C=CNC(Nc2cccc3[nH]ncc23)=N1. The summed E-state index contributed by atoms with van der Waals surface area (Å²) < 4.78 is 0. The topological polar surface area (TPSA) is 107 Å². The predicted molar refractivity (Wildman–Crippen MR) is 108 cm³/mol. The Hall–Kier alpha value is -3.58. The Morgan fingerprint density at radius 2 is 2.07 bits per heavy atom. The molecule has 3 heterocycles. The average Bonchev–Trinajstić information content (AvgIpc) is 3.30. The Kier molecular flexibility index (Phi) is 3.48. The van der Waals surface area contributed by atoms with E-state index in [1.54, 1.807) is 6.20 Å². The van der Waals surface area contributed by atoms with Gasteiger partial charge in [-0.25, -0.2) is 4.99 Å². The highest BCUT2D eigenvalue weighted by Gasteiger charge is 2.25. The van der Waals surface area contributed by atoms with Gasteiger partial charge in [0.2, 0.25) is 5.96 Å². The van der Waals surface area contributed by atoms with Crippen LogP contribution in [0.2, 0.25) is 0 Å². The highest BCUT2D eigenvalue weighted by atomic mass is 15.2. The molecule has 2 aromatic heterocycles. The van der Waals surface area contributed by atoms with Gasteiger partial charge in [0.05, 0.1) is 17.4 Å². The van der Waals surface area contributed by atoms with Crippen LogP contribution in [-0.2, 0) is 6.42 Å². The quantitative estimate of drug-likeness (QED) is 0.389. The van der Waals surface area contributed by atoms with Crippen molar-refractivity contribution in [3.63, 3.8) is 0 Å². The molecule has 0 spiro atoms. The second-order valence-corrected chi connectivity index (χ2v) is 6.77. The van der Waals surface area contributed by atoms with E-state index >= 15 is 0 Å². The van der Waals surface area contributed by atoms with E-state index in [4.69, 9.17) is 10.7 Å². The number of aliphatic imine (C=N–C) groups is 1. The van der Waals surface area contributed by atoms with Crippen LogP contribution in [0.15, 0.2) is 72.1 Å². The summed E-state index contributed by atoms with van der Waals surface area (Å²) in [7, 11) is 0. The van der Waals surface area contributed by atoms with Gasteiger partial charge < -0.3 is 21.4 Å². The van der Waals surface area contributed by atoms with Crippen LogP contribution in [0.25, 0.3) is 21.8 Å². The molecule has 6 N–H and O–H groups in total. The van der Waals surface area contributed by atoms with Gasteiger partial charge in [0.15, 0.2) is 0 Å². The van der Waals surface area contributed by atoms with Crippen molar-refractivity contribution in [2.75, 3.05) is 5.32 Å². The monoisotopic (exact) mass is 357 g/mol. The van der Waals surface area contributed by atoms with E-state index < -0.39 is 5.66 Å². The van der Waals surface area contributed by atoms with Crippen molar-refractivity contribution >= 4 is 33.5 Å². The zero-order valence-corrected chi connectivity index (χ0v) is 14.5.